The Kier molecular flexibility index (Phi) is 15.1. The first-order chi connectivity index (χ1) is 24.2. The number of carbonyl (C=O) groups excluding carboxylic acids is 2. The highest BCUT2D eigenvalue weighted by molar-refractivity contribution is 5.89. The predicted octanol–water partition coefficient (Wildman–Crippen LogP) is 9.74. The molecular weight excluding hydrogens is 620 g/mol. The van der Waals surface area contributed by atoms with Gasteiger partial charge in [0, 0.05) is 11.5 Å². The van der Waals surface area contributed by atoms with E-state index in [0.29, 0.717) is 12.0 Å². The lowest BCUT2D eigenvalue weighted by molar-refractivity contribution is -0.144. The summed E-state index contributed by atoms with van der Waals surface area (Å²) in [6, 6.07) is 28.9. The van der Waals surface area contributed by atoms with E-state index in [0.717, 1.165) is 36.0 Å². The fraction of sp³-hybridized carbons (Fsp3) is 0.378. The molecule has 1 N–H and O–H groups in total. The molecule has 0 aliphatic rings. The highest BCUT2D eigenvalue weighted by atomic mass is 16.5. The Bertz CT molecular complexity index is 1750. The smallest absolute Gasteiger partial charge is 0.335 e. The monoisotopic (exact) mass is 674 g/mol. The number of ether oxygens (including phenoxy) is 2. The Morgan fingerprint density at radius 1 is 0.660 bits per heavy atom. The summed E-state index contributed by atoms with van der Waals surface area (Å²) in [6.07, 6.45) is 11.3. The number of aliphatic hydroxyl groups is 1. The summed E-state index contributed by atoms with van der Waals surface area (Å²) in [5, 5.41) is 11.6. The first kappa shape index (κ1) is 38.3. The second kappa shape index (κ2) is 19.6. The number of fused-ring (bicyclic) bond motifs is 1. The highest BCUT2D eigenvalue weighted by Crippen LogP contribution is 2.27. The van der Waals surface area contributed by atoms with Gasteiger partial charge in [0.2, 0.25) is 0 Å². The molecule has 4 aromatic carbocycles. The van der Waals surface area contributed by atoms with Crippen molar-refractivity contribution in [2.75, 3.05) is 19.8 Å². The minimum Gasteiger partial charge on any atom is -0.462 e. The van der Waals surface area contributed by atoms with E-state index < -0.39 is 18.5 Å². The van der Waals surface area contributed by atoms with E-state index in [1.54, 1.807) is 6.92 Å². The third kappa shape index (κ3) is 11.6. The number of hydrogen-bond acceptors (Lipinski definition) is 5. The Hall–Kier alpha value is -4.48. The minimum atomic E-state index is -0.664. The van der Waals surface area contributed by atoms with E-state index in [-0.39, 0.29) is 24.7 Å². The zero-order valence-corrected chi connectivity index (χ0v) is 30.3. The molecule has 0 radical (unpaired) electrons. The SMILES string of the molecule is C=C(C)C(=O)OCC(COC(=O)C(=C)CO)Cc1ccc(-c2ccc3cc(CCCCc4ccc(CCCCC)c(CC)c4)ccc3c2)cc1. The van der Waals surface area contributed by atoms with E-state index in [2.05, 4.69) is 106 Å². The van der Waals surface area contributed by atoms with Crippen LogP contribution in [-0.4, -0.2) is 36.9 Å². The van der Waals surface area contributed by atoms with Crippen LogP contribution in [-0.2, 0) is 51.2 Å². The first-order valence-corrected chi connectivity index (χ1v) is 18.2. The minimum absolute atomic E-state index is 0.0193. The van der Waals surface area contributed by atoms with Crippen molar-refractivity contribution >= 4 is 22.7 Å². The summed E-state index contributed by atoms with van der Waals surface area (Å²) in [4.78, 5) is 24.0. The zero-order chi connectivity index (χ0) is 35.9. The summed E-state index contributed by atoms with van der Waals surface area (Å²) in [5.74, 6) is -1.42. The second-order valence-corrected chi connectivity index (χ2v) is 13.5. The van der Waals surface area contributed by atoms with Gasteiger partial charge in [0.1, 0.15) is 0 Å². The number of aryl methyl sites for hydroxylation is 4. The largest absolute Gasteiger partial charge is 0.462 e. The molecule has 5 nitrogen and oxygen atoms in total. The number of rotatable bonds is 20. The fourth-order valence-corrected chi connectivity index (χ4v) is 6.27. The summed E-state index contributed by atoms with van der Waals surface area (Å²) in [6.45, 7) is 12.9. The molecule has 0 heterocycles. The van der Waals surface area contributed by atoms with Gasteiger partial charge in [0.15, 0.2) is 0 Å². The molecule has 1 atom stereocenters. The maximum Gasteiger partial charge on any atom is 0.335 e. The molecule has 0 amide bonds. The number of unbranched alkanes of at least 4 members (excludes halogenated alkanes) is 3. The molecule has 1 unspecified atom stereocenters. The van der Waals surface area contributed by atoms with Crippen molar-refractivity contribution in [1.29, 1.82) is 0 Å². The van der Waals surface area contributed by atoms with Gasteiger partial charge < -0.3 is 14.6 Å². The third-order valence-corrected chi connectivity index (χ3v) is 9.33. The fourth-order valence-electron chi connectivity index (χ4n) is 6.27. The van der Waals surface area contributed by atoms with E-state index in [4.69, 9.17) is 14.6 Å². The van der Waals surface area contributed by atoms with E-state index in [9.17, 15) is 9.59 Å². The third-order valence-electron chi connectivity index (χ3n) is 9.33. The molecule has 0 aliphatic carbocycles. The average molecular weight is 675 g/mol. The molecule has 0 spiro atoms. The molecule has 4 rings (SSSR count). The summed E-state index contributed by atoms with van der Waals surface area (Å²) in [5.41, 5.74) is 9.47. The van der Waals surface area contributed by atoms with Crippen LogP contribution in [0.25, 0.3) is 21.9 Å². The molecule has 0 fully saturated rings. The van der Waals surface area contributed by atoms with Crippen LogP contribution in [0.4, 0.5) is 0 Å². The van der Waals surface area contributed by atoms with Gasteiger partial charge >= 0.3 is 11.9 Å². The molecule has 0 bridgehead atoms. The molecule has 5 heteroatoms. The summed E-state index contributed by atoms with van der Waals surface area (Å²) in [7, 11) is 0. The molecule has 0 aliphatic heterocycles. The Labute approximate surface area is 299 Å². The van der Waals surface area contributed by atoms with Crippen molar-refractivity contribution in [1.82, 2.24) is 0 Å². The van der Waals surface area contributed by atoms with Crippen molar-refractivity contribution in [2.24, 2.45) is 5.92 Å². The van der Waals surface area contributed by atoms with Crippen molar-refractivity contribution in [3.8, 4) is 11.1 Å². The van der Waals surface area contributed by atoms with E-state index in [1.807, 2.05) is 0 Å². The van der Waals surface area contributed by atoms with Gasteiger partial charge in [-0.25, -0.2) is 9.59 Å². The van der Waals surface area contributed by atoms with Gasteiger partial charge in [-0.15, -0.1) is 0 Å². The van der Waals surface area contributed by atoms with Crippen LogP contribution in [0.5, 0.6) is 0 Å². The Morgan fingerprint density at radius 3 is 1.90 bits per heavy atom. The predicted molar refractivity (Wildman–Crippen MR) is 205 cm³/mol. The Morgan fingerprint density at radius 2 is 1.24 bits per heavy atom. The lowest BCUT2D eigenvalue weighted by atomic mass is 9.94. The van der Waals surface area contributed by atoms with Crippen molar-refractivity contribution < 1.29 is 24.2 Å². The molecular formula is C45H54O5. The number of carbonyl (C=O) groups is 2. The number of hydrogen-bond donors (Lipinski definition) is 1. The highest BCUT2D eigenvalue weighted by Gasteiger charge is 2.18. The first-order valence-electron chi connectivity index (χ1n) is 18.2. The lowest BCUT2D eigenvalue weighted by Gasteiger charge is -2.18. The topological polar surface area (TPSA) is 72.8 Å². The zero-order valence-electron chi connectivity index (χ0n) is 30.3. The Balaban J connectivity index is 1.32. The molecule has 0 saturated heterocycles. The number of esters is 2. The standard InChI is InChI=1S/C45H54O5/c1-6-8-9-14-39-19-15-34(26-38(39)7-2)12-10-11-13-35-18-22-43-28-42(24-23-41(43)27-35)40-20-16-36(17-21-40)25-37(30-49-44(47)32(3)4)31-50-45(48)33(5)29-46/h15-24,26-28,37,46H,3,5-14,25,29-31H2,1-2,4H3. The number of aliphatic hydroxyl groups excluding tert-OH is 1. The van der Waals surface area contributed by atoms with Crippen molar-refractivity contribution in [3.05, 3.63) is 131 Å². The van der Waals surface area contributed by atoms with Gasteiger partial charge in [-0.3, -0.25) is 0 Å². The molecule has 0 aromatic heterocycles. The summed E-state index contributed by atoms with van der Waals surface area (Å²) >= 11 is 0. The second-order valence-electron chi connectivity index (χ2n) is 13.5. The molecule has 50 heavy (non-hydrogen) atoms. The van der Waals surface area contributed by atoms with Crippen LogP contribution in [0, 0.1) is 5.92 Å². The van der Waals surface area contributed by atoms with Gasteiger partial charge in [-0.1, -0.05) is 113 Å². The van der Waals surface area contributed by atoms with Crippen LogP contribution >= 0.6 is 0 Å². The maximum atomic E-state index is 12.1. The van der Waals surface area contributed by atoms with Crippen LogP contribution in [0.1, 0.15) is 80.7 Å². The van der Waals surface area contributed by atoms with Crippen LogP contribution in [0.3, 0.4) is 0 Å². The molecule has 264 valence electrons. The van der Waals surface area contributed by atoms with Crippen LogP contribution in [0.15, 0.2) is 103 Å². The maximum absolute atomic E-state index is 12.1. The van der Waals surface area contributed by atoms with Gasteiger partial charge in [0.05, 0.1) is 25.4 Å². The van der Waals surface area contributed by atoms with Crippen molar-refractivity contribution in [3.63, 3.8) is 0 Å². The van der Waals surface area contributed by atoms with E-state index in [1.165, 1.54) is 71.6 Å². The normalized spacial score (nSPS) is 11.7. The molecule has 4 aromatic rings. The van der Waals surface area contributed by atoms with Gasteiger partial charge in [0.25, 0.3) is 0 Å². The lowest BCUT2D eigenvalue weighted by Crippen LogP contribution is -2.24. The number of benzene rings is 4. The van der Waals surface area contributed by atoms with Crippen LogP contribution in [0.2, 0.25) is 0 Å². The quantitative estimate of drug-likeness (QED) is 0.0574. The van der Waals surface area contributed by atoms with Crippen LogP contribution < -0.4 is 0 Å². The average Bonchev–Trinajstić information content (AvgIpc) is 3.14. The van der Waals surface area contributed by atoms with E-state index >= 15 is 0 Å². The van der Waals surface area contributed by atoms with Gasteiger partial charge in [-0.2, -0.15) is 0 Å². The van der Waals surface area contributed by atoms with Gasteiger partial charge in [-0.05, 0) is 114 Å². The van der Waals surface area contributed by atoms with Crippen molar-refractivity contribution in [2.45, 2.75) is 85.0 Å². The molecule has 0 saturated carbocycles. The summed E-state index contributed by atoms with van der Waals surface area (Å²) < 4.78 is 10.7.